The van der Waals surface area contributed by atoms with Crippen molar-refractivity contribution in [3.63, 3.8) is 0 Å². The van der Waals surface area contributed by atoms with Gasteiger partial charge in [-0.3, -0.25) is 9.59 Å². The summed E-state index contributed by atoms with van der Waals surface area (Å²) in [5.41, 5.74) is 1.25. The number of anilines is 1. The van der Waals surface area contributed by atoms with Gasteiger partial charge in [0.25, 0.3) is 11.8 Å². The third-order valence-corrected chi connectivity index (χ3v) is 5.29. The highest BCUT2D eigenvalue weighted by Gasteiger charge is 2.21. The zero-order valence-electron chi connectivity index (χ0n) is 16.2. The highest BCUT2D eigenvalue weighted by atomic mass is 35.5. The molecular formula is C22H25ClN2O3. The van der Waals surface area contributed by atoms with E-state index in [1.165, 1.54) is 0 Å². The van der Waals surface area contributed by atoms with E-state index >= 15 is 0 Å². The number of ether oxygens (including phenoxy) is 1. The maximum atomic E-state index is 12.6. The fraction of sp³-hybridized carbons (Fsp3) is 0.364. The Morgan fingerprint density at radius 1 is 1.11 bits per heavy atom. The number of para-hydroxylation sites is 1. The standard InChI is InChI=1S/C22H25ClN2O3/c1-15-11-13-25(14-12-15)22(27)17-7-9-18(10-8-17)24-21(26)16(2)28-20-6-4-3-5-19(20)23/h3-10,15-16H,11-14H2,1-2H3,(H,24,26). The number of rotatable bonds is 5. The van der Waals surface area contributed by atoms with Gasteiger partial charge in [0.05, 0.1) is 5.02 Å². The molecule has 2 aromatic carbocycles. The number of benzene rings is 2. The van der Waals surface area contributed by atoms with Gasteiger partial charge in [0.15, 0.2) is 6.10 Å². The van der Waals surface area contributed by atoms with Gasteiger partial charge in [0.2, 0.25) is 0 Å². The molecule has 6 heteroatoms. The summed E-state index contributed by atoms with van der Waals surface area (Å²) in [4.78, 5) is 26.9. The lowest BCUT2D eigenvalue weighted by Gasteiger charge is -2.30. The maximum Gasteiger partial charge on any atom is 0.265 e. The van der Waals surface area contributed by atoms with E-state index in [0.29, 0.717) is 27.9 Å². The first-order valence-electron chi connectivity index (χ1n) is 9.55. The highest BCUT2D eigenvalue weighted by Crippen LogP contribution is 2.24. The largest absolute Gasteiger partial charge is 0.479 e. The molecule has 2 aromatic rings. The molecule has 28 heavy (non-hydrogen) atoms. The smallest absolute Gasteiger partial charge is 0.265 e. The van der Waals surface area contributed by atoms with Crippen molar-refractivity contribution in [2.24, 2.45) is 5.92 Å². The molecule has 1 unspecified atom stereocenters. The van der Waals surface area contributed by atoms with E-state index in [1.54, 1.807) is 55.5 Å². The molecule has 0 aromatic heterocycles. The van der Waals surface area contributed by atoms with Gasteiger partial charge in [-0.1, -0.05) is 30.7 Å². The summed E-state index contributed by atoms with van der Waals surface area (Å²) in [6, 6.07) is 14.0. The third-order valence-electron chi connectivity index (χ3n) is 4.98. The van der Waals surface area contributed by atoms with Crippen molar-refractivity contribution in [1.82, 2.24) is 4.90 Å². The van der Waals surface area contributed by atoms with E-state index < -0.39 is 6.10 Å². The summed E-state index contributed by atoms with van der Waals surface area (Å²) in [6.07, 6.45) is 1.38. The Bertz CT molecular complexity index is 830. The number of hydrogen-bond donors (Lipinski definition) is 1. The Morgan fingerprint density at radius 3 is 2.39 bits per heavy atom. The van der Waals surface area contributed by atoms with Crippen LogP contribution in [0, 0.1) is 5.92 Å². The predicted molar refractivity (Wildman–Crippen MR) is 111 cm³/mol. The van der Waals surface area contributed by atoms with E-state index in [0.717, 1.165) is 25.9 Å². The number of nitrogens with one attached hydrogen (secondary N) is 1. The molecule has 3 rings (SSSR count). The molecule has 0 radical (unpaired) electrons. The number of amides is 2. The number of nitrogens with zero attached hydrogens (tertiary/aromatic N) is 1. The van der Waals surface area contributed by atoms with Crippen molar-refractivity contribution in [2.75, 3.05) is 18.4 Å². The van der Waals surface area contributed by atoms with Crippen molar-refractivity contribution in [1.29, 1.82) is 0 Å². The molecule has 5 nitrogen and oxygen atoms in total. The Kier molecular flexibility index (Phi) is 6.57. The van der Waals surface area contributed by atoms with Crippen LogP contribution in [-0.4, -0.2) is 35.9 Å². The van der Waals surface area contributed by atoms with Gasteiger partial charge in [0.1, 0.15) is 5.75 Å². The van der Waals surface area contributed by atoms with Crippen LogP contribution in [0.5, 0.6) is 5.75 Å². The first-order chi connectivity index (χ1) is 13.4. The molecule has 1 fully saturated rings. The molecule has 1 aliphatic heterocycles. The number of halogens is 1. The Balaban J connectivity index is 1.57. The minimum absolute atomic E-state index is 0.0418. The van der Waals surface area contributed by atoms with Gasteiger partial charge in [-0.15, -0.1) is 0 Å². The molecule has 148 valence electrons. The second kappa shape index (κ2) is 9.11. The molecule has 0 bridgehead atoms. The minimum Gasteiger partial charge on any atom is -0.479 e. The van der Waals surface area contributed by atoms with Crippen molar-refractivity contribution in [2.45, 2.75) is 32.8 Å². The van der Waals surface area contributed by atoms with Crippen LogP contribution in [0.1, 0.15) is 37.0 Å². The summed E-state index contributed by atoms with van der Waals surface area (Å²) in [7, 11) is 0. The number of carbonyl (C=O) groups excluding carboxylic acids is 2. The van der Waals surface area contributed by atoms with Crippen molar-refractivity contribution < 1.29 is 14.3 Å². The van der Waals surface area contributed by atoms with Crippen LogP contribution in [0.25, 0.3) is 0 Å². The molecule has 0 aliphatic carbocycles. The minimum atomic E-state index is -0.712. The SMILES string of the molecule is CC1CCN(C(=O)c2ccc(NC(=O)C(C)Oc3ccccc3Cl)cc2)CC1. The topological polar surface area (TPSA) is 58.6 Å². The molecule has 1 saturated heterocycles. The van der Waals surface area contributed by atoms with Crippen molar-refractivity contribution in [3.8, 4) is 5.75 Å². The van der Waals surface area contributed by atoms with Crippen molar-refractivity contribution in [3.05, 3.63) is 59.1 Å². The van der Waals surface area contributed by atoms with Crippen LogP contribution in [0.15, 0.2) is 48.5 Å². The number of carbonyl (C=O) groups is 2. The summed E-state index contributed by atoms with van der Waals surface area (Å²) < 4.78 is 5.62. The van der Waals surface area contributed by atoms with E-state index in [1.807, 2.05) is 4.90 Å². The van der Waals surface area contributed by atoms with Gasteiger partial charge < -0.3 is 15.0 Å². The second-order valence-corrected chi connectivity index (χ2v) is 7.64. The van der Waals surface area contributed by atoms with Crippen LogP contribution in [0.3, 0.4) is 0 Å². The van der Waals surface area contributed by atoms with E-state index in [4.69, 9.17) is 16.3 Å². The highest BCUT2D eigenvalue weighted by molar-refractivity contribution is 6.32. The van der Waals surface area contributed by atoms with Crippen LogP contribution in [-0.2, 0) is 4.79 Å². The molecular weight excluding hydrogens is 376 g/mol. The van der Waals surface area contributed by atoms with Crippen LogP contribution < -0.4 is 10.1 Å². The average Bonchev–Trinajstić information content (AvgIpc) is 2.70. The molecule has 1 aliphatic rings. The second-order valence-electron chi connectivity index (χ2n) is 7.23. The third kappa shape index (κ3) is 5.04. The van der Waals surface area contributed by atoms with Gasteiger partial charge >= 0.3 is 0 Å². The molecule has 2 amide bonds. The van der Waals surface area contributed by atoms with E-state index in [2.05, 4.69) is 12.2 Å². The molecule has 1 heterocycles. The van der Waals surface area contributed by atoms with E-state index in [-0.39, 0.29) is 11.8 Å². The Hall–Kier alpha value is -2.53. The van der Waals surface area contributed by atoms with Crippen LogP contribution >= 0.6 is 11.6 Å². The monoisotopic (exact) mass is 400 g/mol. The van der Waals surface area contributed by atoms with E-state index in [9.17, 15) is 9.59 Å². The lowest BCUT2D eigenvalue weighted by Crippen LogP contribution is -2.37. The molecule has 0 saturated carbocycles. The number of likely N-dealkylation sites (tertiary alicyclic amines) is 1. The average molecular weight is 401 g/mol. The van der Waals surface area contributed by atoms with Gasteiger partial charge in [-0.05, 0) is 62.1 Å². The van der Waals surface area contributed by atoms with Gasteiger partial charge in [0, 0.05) is 24.3 Å². The number of piperidine rings is 1. The predicted octanol–water partition coefficient (Wildman–Crippen LogP) is 4.62. The Morgan fingerprint density at radius 2 is 1.75 bits per heavy atom. The zero-order chi connectivity index (χ0) is 20.1. The molecule has 1 atom stereocenters. The summed E-state index contributed by atoms with van der Waals surface area (Å²) >= 11 is 6.06. The molecule has 0 spiro atoms. The summed E-state index contributed by atoms with van der Waals surface area (Å²) in [5.74, 6) is 0.893. The number of hydrogen-bond acceptors (Lipinski definition) is 3. The lowest BCUT2D eigenvalue weighted by molar-refractivity contribution is -0.122. The Labute approximate surface area is 170 Å². The quantitative estimate of drug-likeness (QED) is 0.796. The van der Waals surface area contributed by atoms with Crippen LogP contribution in [0.2, 0.25) is 5.02 Å². The van der Waals surface area contributed by atoms with Crippen LogP contribution in [0.4, 0.5) is 5.69 Å². The normalized spacial score (nSPS) is 15.8. The fourth-order valence-corrected chi connectivity index (χ4v) is 3.30. The van der Waals surface area contributed by atoms with Gasteiger partial charge in [-0.25, -0.2) is 0 Å². The fourth-order valence-electron chi connectivity index (χ4n) is 3.12. The first-order valence-corrected chi connectivity index (χ1v) is 9.93. The van der Waals surface area contributed by atoms with Gasteiger partial charge in [-0.2, -0.15) is 0 Å². The zero-order valence-corrected chi connectivity index (χ0v) is 16.9. The summed E-state index contributed by atoms with van der Waals surface area (Å²) in [6.45, 7) is 5.48. The van der Waals surface area contributed by atoms with Crippen molar-refractivity contribution >= 4 is 29.1 Å². The first kappa shape index (κ1) is 20.2. The lowest BCUT2D eigenvalue weighted by atomic mass is 9.98. The summed E-state index contributed by atoms with van der Waals surface area (Å²) in [5, 5.41) is 3.26. The molecule has 1 N–H and O–H groups in total. The maximum absolute atomic E-state index is 12.6.